The maximum absolute atomic E-state index is 14.7. The van der Waals surface area contributed by atoms with E-state index in [0.717, 1.165) is 23.7 Å². The van der Waals surface area contributed by atoms with Crippen LogP contribution in [0.2, 0.25) is 0 Å². The van der Waals surface area contributed by atoms with Crippen LogP contribution in [0.15, 0.2) is 66.4 Å². The topological polar surface area (TPSA) is 63.1 Å². The molecule has 4 heterocycles. The molecule has 3 aromatic heterocycles. The largest absolute Gasteiger partial charge is 0.360 e. The van der Waals surface area contributed by atoms with Crippen LogP contribution in [-0.4, -0.2) is 27.0 Å². The summed E-state index contributed by atoms with van der Waals surface area (Å²) in [6.45, 7) is 5.50. The monoisotopic (exact) mass is 507 g/mol. The summed E-state index contributed by atoms with van der Waals surface area (Å²) in [6, 6.07) is 11.0. The Labute approximate surface area is 212 Å². The molecule has 9 heteroatoms. The number of benzene rings is 1. The molecule has 0 bridgehead atoms. The first-order chi connectivity index (χ1) is 17.4. The highest BCUT2D eigenvalue weighted by Gasteiger charge is 2.39. The summed E-state index contributed by atoms with van der Waals surface area (Å²) in [6.07, 6.45) is 6.19. The van der Waals surface area contributed by atoms with Gasteiger partial charge in [0.05, 0.1) is 17.4 Å². The van der Waals surface area contributed by atoms with Crippen LogP contribution in [-0.2, 0) is 6.54 Å². The maximum atomic E-state index is 14.7. The highest BCUT2D eigenvalue weighted by atomic mass is 32.1. The molecule has 1 aromatic carbocycles. The lowest BCUT2D eigenvalue weighted by Crippen LogP contribution is -2.28. The minimum atomic E-state index is -0.597. The minimum absolute atomic E-state index is 0.164. The molecule has 0 aliphatic carbocycles. The Kier molecular flexibility index (Phi) is 6.82. The molecule has 186 valence electrons. The number of aromatic nitrogens is 3. The highest BCUT2D eigenvalue weighted by molar-refractivity contribution is 7.14. The Bertz CT molecular complexity index is 1350. The van der Waals surface area contributed by atoms with Crippen molar-refractivity contribution in [1.82, 2.24) is 14.5 Å². The summed E-state index contributed by atoms with van der Waals surface area (Å²) >= 11 is 1.35. The van der Waals surface area contributed by atoms with E-state index in [2.05, 4.69) is 24.1 Å². The Balaban J connectivity index is 1.37. The summed E-state index contributed by atoms with van der Waals surface area (Å²) in [5, 5.41) is 5.33. The lowest BCUT2D eigenvalue weighted by molar-refractivity contribution is 0.101. The predicted molar refractivity (Wildman–Crippen MR) is 137 cm³/mol. The Morgan fingerprint density at radius 2 is 2.00 bits per heavy atom. The van der Waals surface area contributed by atoms with Gasteiger partial charge in [0.1, 0.15) is 17.3 Å². The molecule has 5 rings (SSSR count). The number of nitrogens with one attached hydrogen (secondary N) is 1. The molecule has 1 fully saturated rings. The molecule has 2 atom stereocenters. The quantitative estimate of drug-likeness (QED) is 0.326. The summed E-state index contributed by atoms with van der Waals surface area (Å²) in [4.78, 5) is 23.8. The highest BCUT2D eigenvalue weighted by Crippen LogP contribution is 2.45. The lowest BCUT2D eigenvalue weighted by atomic mass is 9.87. The van der Waals surface area contributed by atoms with E-state index in [1.54, 1.807) is 18.5 Å². The summed E-state index contributed by atoms with van der Waals surface area (Å²) in [5.74, 6) is -0.830. The van der Waals surface area contributed by atoms with E-state index in [1.165, 1.54) is 23.5 Å². The number of rotatable bonds is 7. The van der Waals surface area contributed by atoms with Crippen molar-refractivity contribution in [3.63, 3.8) is 0 Å². The number of amides is 1. The molecule has 0 unspecified atom stereocenters. The lowest BCUT2D eigenvalue weighted by Gasteiger charge is -2.30. The smallest absolute Gasteiger partial charge is 0.274 e. The molecule has 1 saturated heterocycles. The van der Waals surface area contributed by atoms with E-state index in [0.29, 0.717) is 35.5 Å². The van der Waals surface area contributed by atoms with E-state index < -0.39 is 11.6 Å². The molecule has 0 radical (unpaired) electrons. The molecule has 1 aliphatic heterocycles. The molecule has 6 nitrogen and oxygen atoms in total. The number of carbonyl (C=O) groups is 1. The number of thiazole rings is 1. The van der Waals surface area contributed by atoms with Gasteiger partial charge in [-0.05, 0) is 60.2 Å². The minimum Gasteiger partial charge on any atom is -0.360 e. The van der Waals surface area contributed by atoms with Crippen molar-refractivity contribution in [2.45, 2.75) is 32.9 Å². The molecule has 1 aliphatic rings. The van der Waals surface area contributed by atoms with Gasteiger partial charge in [-0.15, -0.1) is 11.3 Å². The molecule has 1 amide bonds. The Hall–Kier alpha value is -3.59. The van der Waals surface area contributed by atoms with Crippen molar-refractivity contribution in [3.8, 4) is 0 Å². The van der Waals surface area contributed by atoms with Gasteiger partial charge in [-0.1, -0.05) is 13.8 Å². The third kappa shape index (κ3) is 4.88. The van der Waals surface area contributed by atoms with Crippen LogP contribution >= 0.6 is 11.3 Å². The number of carbonyl (C=O) groups excluding carboxylic acids is 1. The van der Waals surface area contributed by atoms with Crippen LogP contribution in [0.1, 0.15) is 48.1 Å². The normalized spacial score (nSPS) is 17.6. The zero-order chi connectivity index (χ0) is 25.2. The molecule has 36 heavy (non-hydrogen) atoms. The Morgan fingerprint density at radius 1 is 1.19 bits per heavy atom. The predicted octanol–water partition coefficient (Wildman–Crippen LogP) is 6.14. The summed E-state index contributed by atoms with van der Waals surface area (Å²) < 4.78 is 30.1. The van der Waals surface area contributed by atoms with Crippen LogP contribution < -0.4 is 10.2 Å². The van der Waals surface area contributed by atoms with Crippen molar-refractivity contribution in [2.24, 2.45) is 11.8 Å². The second-order valence-electron chi connectivity index (χ2n) is 9.34. The van der Waals surface area contributed by atoms with E-state index >= 15 is 0 Å². The van der Waals surface area contributed by atoms with Gasteiger partial charge >= 0.3 is 0 Å². The second-order valence-corrected chi connectivity index (χ2v) is 10.2. The van der Waals surface area contributed by atoms with E-state index in [1.807, 2.05) is 39.2 Å². The molecule has 0 spiro atoms. The van der Waals surface area contributed by atoms with Crippen molar-refractivity contribution >= 4 is 28.1 Å². The number of nitrogens with zero attached hydrogens (tertiary/aromatic N) is 4. The van der Waals surface area contributed by atoms with Gasteiger partial charge in [0.2, 0.25) is 0 Å². The molecule has 1 N–H and O–H groups in total. The van der Waals surface area contributed by atoms with Gasteiger partial charge in [-0.25, -0.2) is 13.8 Å². The van der Waals surface area contributed by atoms with Crippen molar-refractivity contribution in [3.05, 3.63) is 95.0 Å². The van der Waals surface area contributed by atoms with Crippen LogP contribution in [0.4, 0.5) is 19.6 Å². The fraction of sp³-hybridized carbons (Fsp3) is 0.296. The zero-order valence-corrected chi connectivity index (χ0v) is 20.9. The third-order valence-corrected chi connectivity index (χ3v) is 7.51. The van der Waals surface area contributed by atoms with Crippen LogP contribution in [0, 0.1) is 23.5 Å². The van der Waals surface area contributed by atoms with Gasteiger partial charge in [-0.3, -0.25) is 15.1 Å². The van der Waals surface area contributed by atoms with Gasteiger partial charge in [-0.2, -0.15) is 0 Å². The molecular formula is C27H27F2N5OS. The number of hydrogen-bond donors (Lipinski definition) is 1. The molecule has 0 saturated carbocycles. The second kappa shape index (κ2) is 10.2. The van der Waals surface area contributed by atoms with Gasteiger partial charge in [0.15, 0.2) is 5.13 Å². The Morgan fingerprint density at radius 3 is 2.75 bits per heavy atom. The number of hydrogen-bond acceptors (Lipinski definition) is 5. The maximum Gasteiger partial charge on any atom is 0.274 e. The summed E-state index contributed by atoms with van der Waals surface area (Å²) in [7, 11) is 0. The number of pyridine rings is 1. The van der Waals surface area contributed by atoms with Gasteiger partial charge < -0.3 is 9.47 Å². The first kappa shape index (κ1) is 24.1. The standard InChI is InChI=1S/C27H27F2N5OS/c1-17(2)20-9-13-34(23-6-5-19(28)14-21(23)29)25(20)22-16-36-27(31-22)32-26(35)24-4-3-12-33(24)15-18-7-10-30-11-8-18/h3-8,10-12,14,16-17,20,25H,9,13,15H2,1-2H3,(H,31,32,35)/t20-,25+/m0/s1. The fourth-order valence-corrected chi connectivity index (χ4v) is 5.70. The first-order valence-corrected chi connectivity index (χ1v) is 12.8. The van der Waals surface area contributed by atoms with Crippen LogP contribution in [0.25, 0.3) is 0 Å². The van der Waals surface area contributed by atoms with E-state index in [-0.39, 0.29) is 17.9 Å². The SMILES string of the molecule is CC(C)[C@@H]1CCN(c2ccc(F)cc2F)[C@H]1c1csc(NC(=O)c2cccn2Cc2ccncc2)n1. The fourth-order valence-electron chi connectivity index (χ4n) is 4.96. The van der Waals surface area contributed by atoms with Gasteiger partial charge in [0, 0.05) is 43.1 Å². The average molecular weight is 508 g/mol. The van der Waals surface area contributed by atoms with Crippen molar-refractivity contribution in [2.75, 3.05) is 16.8 Å². The van der Waals surface area contributed by atoms with Crippen LogP contribution in [0.5, 0.6) is 0 Å². The van der Waals surface area contributed by atoms with Crippen LogP contribution in [0.3, 0.4) is 0 Å². The van der Waals surface area contributed by atoms with Crippen molar-refractivity contribution < 1.29 is 13.6 Å². The summed E-state index contributed by atoms with van der Waals surface area (Å²) in [5.41, 5.74) is 2.72. The van der Waals surface area contributed by atoms with E-state index in [4.69, 9.17) is 4.98 Å². The van der Waals surface area contributed by atoms with E-state index in [9.17, 15) is 13.6 Å². The molecular weight excluding hydrogens is 480 g/mol. The number of anilines is 2. The molecule has 4 aromatic rings. The number of halogens is 2. The first-order valence-electron chi connectivity index (χ1n) is 11.9. The zero-order valence-electron chi connectivity index (χ0n) is 20.1. The average Bonchev–Trinajstić information content (AvgIpc) is 3.59. The third-order valence-electron chi connectivity index (χ3n) is 6.73. The van der Waals surface area contributed by atoms with Crippen molar-refractivity contribution in [1.29, 1.82) is 0 Å². The van der Waals surface area contributed by atoms with Gasteiger partial charge in [0.25, 0.3) is 5.91 Å².